The Bertz CT molecular complexity index is 411. The molecule has 0 rings (SSSR count). The molecule has 0 heterocycles. The number of unbranched alkanes of at least 4 members (excludes halogenated alkanes) is 10. The summed E-state index contributed by atoms with van der Waals surface area (Å²) in [6, 6.07) is 0. The highest BCUT2D eigenvalue weighted by Gasteiger charge is 2.27. The van der Waals surface area contributed by atoms with Crippen molar-refractivity contribution in [2.24, 2.45) is 0 Å². The number of rotatable bonds is 14. The third-order valence-electron chi connectivity index (χ3n) is 4.16. The molecule has 0 bridgehead atoms. The highest BCUT2D eigenvalue weighted by atomic mass is 32.2. The summed E-state index contributed by atoms with van der Waals surface area (Å²) in [6.45, 7) is 5.30. The number of hydrogen-bond donors (Lipinski definition) is 0. The first-order valence-corrected chi connectivity index (χ1v) is 11.8. The zero-order valence-electron chi connectivity index (χ0n) is 15.1. The fourth-order valence-electron chi connectivity index (χ4n) is 2.41. The highest BCUT2D eigenvalue weighted by Crippen LogP contribution is 2.18. The maximum atomic E-state index is 11.9. The van der Waals surface area contributed by atoms with Crippen LogP contribution in [0.5, 0.6) is 0 Å². The van der Waals surface area contributed by atoms with Gasteiger partial charge in [0.15, 0.2) is 9.84 Å². The van der Waals surface area contributed by atoms with Crippen LogP contribution in [0.1, 0.15) is 91.4 Å². The van der Waals surface area contributed by atoms with Gasteiger partial charge in [-0.1, -0.05) is 68.9 Å². The van der Waals surface area contributed by atoms with Crippen molar-refractivity contribution >= 4 is 20.9 Å². The molecule has 0 fully saturated rings. The van der Waals surface area contributed by atoms with Crippen molar-refractivity contribution in [2.45, 2.75) is 96.1 Å². The molecular formula is C17H35O4S2-. The van der Waals surface area contributed by atoms with Crippen molar-refractivity contribution in [3.63, 3.8) is 0 Å². The van der Waals surface area contributed by atoms with E-state index in [-0.39, 0.29) is 0 Å². The van der Waals surface area contributed by atoms with E-state index in [0.717, 1.165) is 38.5 Å². The molecule has 0 aliphatic heterocycles. The lowest BCUT2D eigenvalue weighted by molar-refractivity contribution is 0.527. The molecule has 0 aromatic carbocycles. The minimum atomic E-state index is -2.95. The zero-order valence-corrected chi connectivity index (χ0v) is 16.8. The van der Waals surface area contributed by atoms with Crippen LogP contribution in [0.2, 0.25) is 0 Å². The molecule has 0 saturated carbocycles. The molecule has 0 spiro atoms. The topological polar surface area (TPSA) is 74.3 Å². The van der Waals surface area contributed by atoms with Gasteiger partial charge in [-0.15, -0.1) is 0 Å². The van der Waals surface area contributed by atoms with E-state index in [9.17, 15) is 17.2 Å². The quantitative estimate of drug-likeness (QED) is 0.337. The van der Waals surface area contributed by atoms with Crippen LogP contribution in [0.15, 0.2) is 0 Å². The monoisotopic (exact) mass is 367 g/mol. The lowest BCUT2D eigenvalue weighted by atomic mass is 10.1. The standard InChI is InChI=1S/C17H36O4S2/c1-17(2,3)23(20,21)16-14-12-10-8-6-4-5-7-9-11-13-15-22(18)19/h4-16H2,1-3H3,(H,18,19)/p-1. The van der Waals surface area contributed by atoms with E-state index >= 15 is 0 Å². The Labute approximate surface area is 146 Å². The van der Waals surface area contributed by atoms with Crippen molar-refractivity contribution in [2.75, 3.05) is 11.5 Å². The van der Waals surface area contributed by atoms with E-state index in [2.05, 4.69) is 0 Å². The van der Waals surface area contributed by atoms with Crippen LogP contribution in [0.3, 0.4) is 0 Å². The Morgan fingerprint density at radius 3 is 1.43 bits per heavy atom. The van der Waals surface area contributed by atoms with Crippen molar-refractivity contribution < 1.29 is 17.2 Å². The molecule has 0 aromatic rings. The van der Waals surface area contributed by atoms with E-state index in [1.165, 1.54) is 32.1 Å². The van der Waals surface area contributed by atoms with Gasteiger partial charge in [-0.3, -0.25) is 4.21 Å². The summed E-state index contributed by atoms with van der Waals surface area (Å²) in [5, 5.41) is 0. The van der Waals surface area contributed by atoms with Crippen LogP contribution in [-0.2, 0) is 20.9 Å². The molecule has 1 atom stereocenters. The minimum absolute atomic E-state index is 0.297. The molecule has 0 aliphatic carbocycles. The normalized spacial score (nSPS) is 14.1. The summed E-state index contributed by atoms with van der Waals surface area (Å²) < 4.78 is 43.9. The van der Waals surface area contributed by atoms with Crippen LogP contribution in [0.25, 0.3) is 0 Å². The van der Waals surface area contributed by atoms with Gasteiger partial charge in [0, 0.05) is 5.75 Å². The maximum Gasteiger partial charge on any atom is 0.155 e. The third-order valence-corrected chi connectivity index (χ3v) is 7.47. The van der Waals surface area contributed by atoms with Crippen LogP contribution in [-0.4, -0.2) is 33.4 Å². The summed E-state index contributed by atoms with van der Waals surface area (Å²) in [4.78, 5) is 0. The number of sulfone groups is 1. The van der Waals surface area contributed by atoms with Gasteiger partial charge < -0.3 is 4.55 Å². The Kier molecular flexibility index (Phi) is 12.5. The van der Waals surface area contributed by atoms with Crippen LogP contribution < -0.4 is 0 Å². The Morgan fingerprint density at radius 2 is 1.09 bits per heavy atom. The van der Waals surface area contributed by atoms with Gasteiger partial charge in [-0.25, -0.2) is 8.42 Å². The van der Waals surface area contributed by atoms with E-state index in [0.29, 0.717) is 11.5 Å². The van der Waals surface area contributed by atoms with Crippen LogP contribution in [0.4, 0.5) is 0 Å². The first-order valence-electron chi connectivity index (χ1n) is 8.95. The molecule has 1 unspecified atom stereocenters. The summed E-state index contributed by atoms with van der Waals surface area (Å²) in [6.07, 6.45) is 11.9. The van der Waals surface area contributed by atoms with Gasteiger partial charge >= 0.3 is 0 Å². The van der Waals surface area contributed by atoms with Gasteiger partial charge in [-0.2, -0.15) is 0 Å². The van der Waals surface area contributed by atoms with Gasteiger partial charge in [0.25, 0.3) is 0 Å². The molecule has 0 aliphatic rings. The third kappa shape index (κ3) is 13.1. The molecule has 0 aromatic heterocycles. The second-order valence-corrected chi connectivity index (χ2v) is 11.2. The second kappa shape index (κ2) is 12.4. The van der Waals surface area contributed by atoms with E-state index in [1.807, 2.05) is 0 Å². The first kappa shape index (κ1) is 23.1. The molecule has 0 radical (unpaired) electrons. The predicted molar refractivity (Wildman–Crippen MR) is 98.1 cm³/mol. The van der Waals surface area contributed by atoms with Crippen LogP contribution >= 0.6 is 0 Å². The predicted octanol–water partition coefficient (Wildman–Crippen LogP) is 4.37. The molecule has 4 nitrogen and oxygen atoms in total. The average Bonchev–Trinajstić information content (AvgIpc) is 2.42. The van der Waals surface area contributed by atoms with Gasteiger partial charge in [0.2, 0.25) is 0 Å². The smallest absolute Gasteiger partial charge is 0.155 e. The summed E-state index contributed by atoms with van der Waals surface area (Å²) in [5.74, 6) is 0.607. The van der Waals surface area contributed by atoms with Gasteiger partial charge in [0.05, 0.1) is 10.5 Å². The van der Waals surface area contributed by atoms with Crippen molar-refractivity contribution in [1.82, 2.24) is 0 Å². The Balaban J connectivity index is 3.33. The Hall–Kier alpha value is 0.0600. The molecule has 23 heavy (non-hydrogen) atoms. The van der Waals surface area contributed by atoms with Crippen molar-refractivity contribution in [1.29, 1.82) is 0 Å². The molecule has 0 amide bonds. The fourth-order valence-corrected chi connectivity index (χ4v) is 4.05. The van der Waals surface area contributed by atoms with E-state index in [4.69, 9.17) is 0 Å². The zero-order chi connectivity index (χ0) is 17.8. The largest absolute Gasteiger partial charge is 0.772 e. The molecule has 0 saturated heterocycles. The highest BCUT2D eigenvalue weighted by molar-refractivity contribution is 7.92. The van der Waals surface area contributed by atoms with E-state index in [1.54, 1.807) is 20.8 Å². The van der Waals surface area contributed by atoms with Gasteiger partial charge in [0.1, 0.15) is 0 Å². The maximum absolute atomic E-state index is 11.9. The molecule has 0 N–H and O–H groups in total. The minimum Gasteiger partial charge on any atom is -0.772 e. The SMILES string of the molecule is CC(C)(C)S(=O)(=O)CCCCCCCCCCCCCS(=O)[O-]. The molecule has 140 valence electrons. The first-order chi connectivity index (χ1) is 10.7. The second-order valence-electron chi connectivity index (χ2n) is 7.33. The molecular weight excluding hydrogens is 332 g/mol. The van der Waals surface area contributed by atoms with Crippen molar-refractivity contribution in [3.05, 3.63) is 0 Å². The lowest BCUT2D eigenvalue weighted by Gasteiger charge is -2.18. The summed E-state index contributed by atoms with van der Waals surface area (Å²) in [7, 11) is -2.95. The average molecular weight is 368 g/mol. The summed E-state index contributed by atoms with van der Waals surface area (Å²) in [5.41, 5.74) is 0. The molecule has 6 heteroatoms. The fraction of sp³-hybridized carbons (Fsp3) is 1.00. The summed E-state index contributed by atoms with van der Waals surface area (Å²) >= 11 is -1.88. The number of hydrogen-bond acceptors (Lipinski definition) is 4. The van der Waals surface area contributed by atoms with Gasteiger partial charge in [-0.05, 0) is 33.6 Å². The lowest BCUT2D eigenvalue weighted by Crippen LogP contribution is -2.30. The van der Waals surface area contributed by atoms with Crippen LogP contribution in [0, 0.1) is 0 Å². The van der Waals surface area contributed by atoms with E-state index < -0.39 is 25.7 Å². The van der Waals surface area contributed by atoms with Crippen molar-refractivity contribution in [3.8, 4) is 0 Å². The Morgan fingerprint density at radius 1 is 0.739 bits per heavy atom.